The van der Waals surface area contributed by atoms with Crippen LogP contribution >= 0.6 is 22.9 Å². The van der Waals surface area contributed by atoms with Crippen molar-refractivity contribution < 1.29 is 0 Å². The van der Waals surface area contributed by atoms with Crippen LogP contribution in [-0.2, 0) is 0 Å². The summed E-state index contributed by atoms with van der Waals surface area (Å²) in [7, 11) is 0. The Morgan fingerprint density at radius 3 is 2.36 bits per heavy atom. The summed E-state index contributed by atoms with van der Waals surface area (Å²) in [6.45, 7) is 2.34. The lowest BCUT2D eigenvalue weighted by Gasteiger charge is -2.56. The SMILES string of the molecule is CC1CC2(CCCCC2)N1I. The van der Waals surface area contributed by atoms with Gasteiger partial charge in [0.1, 0.15) is 0 Å². The van der Waals surface area contributed by atoms with Crippen molar-refractivity contribution in [1.29, 1.82) is 0 Å². The summed E-state index contributed by atoms with van der Waals surface area (Å²) in [5, 5.41) is 0. The van der Waals surface area contributed by atoms with Crippen molar-refractivity contribution in [3.8, 4) is 0 Å². The summed E-state index contributed by atoms with van der Waals surface area (Å²) < 4.78 is 2.57. The first-order valence-corrected chi connectivity index (χ1v) is 5.66. The first-order chi connectivity index (χ1) is 5.25. The molecule has 0 aromatic rings. The van der Waals surface area contributed by atoms with E-state index >= 15 is 0 Å². The second kappa shape index (κ2) is 2.87. The Morgan fingerprint density at radius 2 is 1.91 bits per heavy atom. The Balaban J connectivity index is 2.00. The highest BCUT2D eigenvalue weighted by Gasteiger charge is 2.48. The number of hydrogen-bond donors (Lipinski definition) is 0. The molecule has 1 spiro atoms. The molecular formula is C9H16IN. The lowest BCUT2D eigenvalue weighted by molar-refractivity contribution is 0.0121. The maximum Gasteiger partial charge on any atom is 0.0323 e. The van der Waals surface area contributed by atoms with Gasteiger partial charge in [0.2, 0.25) is 0 Å². The van der Waals surface area contributed by atoms with E-state index < -0.39 is 0 Å². The van der Waals surface area contributed by atoms with Gasteiger partial charge in [-0.15, -0.1) is 0 Å². The van der Waals surface area contributed by atoms with Gasteiger partial charge < -0.3 is 0 Å². The molecule has 1 unspecified atom stereocenters. The zero-order valence-electron chi connectivity index (χ0n) is 7.15. The van der Waals surface area contributed by atoms with Gasteiger partial charge in [-0.1, -0.05) is 19.3 Å². The minimum atomic E-state index is 0.651. The molecule has 0 aromatic heterocycles. The van der Waals surface area contributed by atoms with Crippen LogP contribution in [0.2, 0.25) is 0 Å². The van der Waals surface area contributed by atoms with Crippen LogP contribution < -0.4 is 0 Å². The zero-order chi connectivity index (χ0) is 7.90. The molecule has 0 aromatic carbocycles. The Bertz CT molecular complexity index is 146. The molecule has 1 aliphatic heterocycles. The van der Waals surface area contributed by atoms with E-state index in [2.05, 4.69) is 32.9 Å². The summed E-state index contributed by atoms with van der Waals surface area (Å²) in [6, 6.07) is 0.841. The van der Waals surface area contributed by atoms with Crippen molar-refractivity contribution in [2.75, 3.05) is 0 Å². The molecule has 2 heteroatoms. The van der Waals surface area contributed by atoms with Crippen LogP contribution in [0.4, 0.5) is 0 Å². The van der Waals surface area contributed by atoms with Crippen LogP contribution in [-0.4, -0.2) is 14.7 Å². The van der Waals surface area contributed by atoms with Crippen LogP contribution in [0.5, 0.6) is 0 Å². The standard InChI is InChI=1S/C9H16IN/c1-8-7-9(11(8)10)5-3-2-4-6-9/h8H,2-7H2,1H3. The topological polar surface area (TPSA) is 3.24 Å². The molecule has 1 heterocycles. The van der Waals surface area contributed by atoms with Gasteiger partial charge in [0, 0.05) is 34.4 Å². The molecule has 1 atom stereocenters. The molecule has 0 bridgehead atoms. The van der Waals surface area contributed by atoms with Crippen LogP contribution in [0.3, 0.4) is 0 Å². The van der Waals surface area contributed by atoms with E-state index in [0.29, 0.717) is 5.54 Å². The average Bonchev–Trinajstić information content (AvgIpc) is 2.06. The minimum absolute atomic E-state index is 0.651. The molecule has 1 aliphatic carbocycles. The summed E-state index contributed by atoms with van der Waals surface area (Å²) in [6.07, 6.45) is 8.77. The normalized spacial score (nSPS) is 37.1. The smallest absolute Gasteiger partial charge is 0.0323 e. The fourth-order valence-corrected chi connectivity index (χ4v) is 3.58. The quantitative estimate of drug-likeness (QED) is 0.480. The molecule has 2 rings (SSSR count). The molecule has 0 amide bonds. The summed E-state index contributed by atoms with van der Waals surface area (Å²) in [4.78, 5) is 0. The second-order valence-electron chi connectivity index (χ2n) is 4.15. The van der Waals surface area contributed by atoms with E-state index in [1.54, 1.807) is 0 Å². The lowest BCUT2D eigenvalue weighted by atomic mass is 9.72. The Morgan fingerprint density at radius 1 is 1.27 bits per heavy atom. The lowest BCUT2D eigenvalue weighted by Crippen LogP contribution is -2.60. The summed E-state index contributed by atoms with van der Waals surface area (Å²) in [5.74, 6) is 0. The Hall–Kier alpha value is 0.690. The molecule has 1 saturated carbocycles. The van der Waals surface area contributed by atoms with Gasteiger partial charge in [-0.3, -0.25) is 0 Å². The minimum Gasteiger partial charge on any atom is -0.238 e. The average molecular weight is 265 g/mol. The van der Waals surface area contributed by atoms with E-state index in [1.807, 2.05) is 0 Å². The highest BCUT2D eigenvalue weighted by molar-refractivity contribution is 14.1. The second-order valence-corrected chi connectivity index (χ2v) is 5.19. The van der Waals surface area contributed by atoms with Crippen molar-refractivity contribution in [2.24, 2.45) is 0 Å². The maximum absolute atomic E-state index is 2.57. The summed E-state index contributed by atoms with van der Waals surface area (Å²) >= 11 is 2.52. The molecule has 2 aliphatic rings. The van der Waals surface area contributed by atoms with E-state index in [9.17, 15) is 0 Å². The fourth-order valence-electron chi connectivity index (χ4n) is 2.70. The highest BCUT2D eigenvalue weighted by atomic mass is 127. The number of halogens is 1. The Kier molecular flexibility index (Phi) is 2.17. The first-order valence-electron chi connectivity index (χ1n) is 4.70. The van der Waals surface area contributed by atoms with Crippen molar-refractivity contribution in [2.45, 2.75) is 57.0 Å². The van der Waals surface area contributed by atoms with Crippen molar-refractivity contribution in [3.63, 3.8) is 0 Å². The third-order valence-electron chi connectivity index (χ3n) is 3.30. The van der Waals surface area contributed by atoms with Crippen molar-refractivity contribution >= 4 is 22.9 Å². The van der Waals surface area contributed by atoms with Crippen LogP contribution in [0.1, 0.15) is 45.4 Å². The number of hydrogen-bond acceptors (Lipinski definition) is 1. The van der Waals surface area contributed by atoms with E-state index in [0.717, 1.165) is 6.04 Å². The van der Waals surface area contributed by atoms with Gasteiger partial charge in [-0.25, -0.2) is 3.11 Å². The van der Waals surface area contributed by atoms with E-state index in [4.69, 9.17) is 0 Å². The monoisotopic (exact) mass is 265 g/mol. The van der Waals surface area contributed by atoms with Crippen molar-refractivity contribution in [1.82, 2.24) is 3.11 Å². The van der Waals surface area contributed by atoms with Gasteiger partial charge in [0.25, 0.3) is 0 Å². The van der Waals surface area contributed by atoms with Crippen LogP contribution in [0.25, 0.3) is 0 Å². The van der Waals surface area contributed by atoms with Crippen molar-refractivity contribution in [3.05, 3.63) is 0 Å². The summed E-state index contributed by atoms with van der Waals surface area (Å²) in [5.41, 5.74) is 0.651. The maximum atomic E-state index is 2.57. The van der Waals surface area contributed by atoms with E-state index in [-0.39, 0.29) is 0 Å². The highest BCUT2D eigenvalue weighted by Crippen LogP contribution is 2.48. The predicted molar refractivity (Wildman–Crippen MR) is 55.8 cm³/mol. The van der Waals surface area contributed by atoms with Gasteiger partial charge in [-0.2, -0.15) is 0 Å². The molecule has 1 saturated heterocycles. The largest absolute Gasteiger partial charge is 0.238 e. The molecule has 1 nitrogen and oxygen atoms in total. The molecular weight excluding hydrogens is 249 g/mol. The predicted octanol–water partition coefficient (Wildman–Crippen LogP) is 3.13. The van der Waals surface area contributed by atoms with Gasteiger partial charge in [0.05, 0.1) is 0 Å². The first kappa shape index (κ1) is 8.30. The van der Waals surface area contributed by atoms with Crippen LogP contribution in [0.15, 0.2) is 0 Å². The number of nitrogens with zero attached hydrogens (tertiary/aromatic N) is 1. The molecule has 0 radical (unpaired) electrons. The van der Waals surface area contributed by atoms with Gasteiger partial charge >= 0.3 is 0 Å². The molecule has 0 N–H and O–H groups in total. The Labute approximate surface area is 83.0 Å². The van der Waals surface area contributed by atoms with Crippen LogP contribution in [0, 0.1) is 0 Å². The third-order valence-corrected chi connectivity index (χ3v) is 5.27. The number of rotatable bonds is 0. The van der Waals surface area contributed by atoms with Gasteiger partial charge in [0.15, 0.2) is 0 Å². The molecule has 2 fully saturated rings. The fraction of sp³-hybridized carbons (Fsp3) is 1.00. The molecule has 64 valence electrons. The zero-order valence-corrected chi connectivity index (χ0v) is 9.30. The third kappa shape index (κ3) is 1.22. The molecule has 11 heavy (non-hydrogen) atoms. The van der Waals surface area contributed by atoms with Gasteiger partial charge in [-0.05, 0) is 26.2 Å². The van der Waals surface area contributed by atoms with E-state index in [1.165, 1.54) is 38.5 Å².